The second-order valence-corrected chi connectivity index (χ2v) is 8.49. The van der Waals surface area contributed by atoms with Crippen molar-refractivity contribution in [2.24, 2.45) is 0 Å². The van der Waals surface area contributed by atoms with Crippen LogP contribution in [-0.2, 0) is 0 Å². The highest BCUT2D eigenvalue weighted by Gasteiger charge is 2.47. The molecule has 1 aromatic carbocycles. The Kier molecular flexibility index (Phi) is 4.95. The Morgan fingerprint density at radius 2 is 1.93 bits per heavy atom. The molecule has 0 saturated carbocycles. The molecule has 2 saturated heterocycles. The summed E-state index contributed by atoms with van der Waals surface area (Å²) in [7, 11) is 0. The van der Waals surface area contributed by atoms with E-state index in [4.69, 9.17) is 0 Å². The summed E-state index contributed by atoms with van der Waals surface area (Å²) < 4.78 is 0. The average Bonchev–Trinajstić information content (AvgIpc) is 3.30. The predicted octanol–water partition coefficient (Wildman–Crippen LogP) is 3.48. The van der Waals surface area contributed by atoms with Gasteiger partial charge in [0.15, 0.2) is 0 Å². The van der Waals surface area contributed by atoms with E-state index < -0.39 is 0 Å². The summed E-state index contributed by atoms with van der Waals surface area (Å²) in [5, 5.41) is 8.31. The molecule has 3 atom stereocenters. The normalized spacial score (nSPS) is 23.0. The van der Waals surface area contributed by atoms with Crippen LogP contribution in [0.25, 0.3) is 0 Å². The summed E-state index contributed by atoms with van der Waals surface area (Å²) in [4.78, 5) is 18.8. The van der Waals surface area contributed by atoms with Crippen molar-refractivity contribution < 1.29 is 4.79 Å². The van der Waals surface area contributed by atoms with Crippen molar-refractivity contribution in [1.29, 1.82) is 0 Å². The Hall–Kier alpha value is -1.92. The maximum atomic E-state index is 13.0. The lowest BCUT2D eigenvalue weighted by Gasteiger charge is -2.38. The highest BCUT2D eigenvalue weighted by molar-refractivity contribution is 7.98. The van der Waals surface area contributed by atoms with E-state index in [1.807, 2.05) is 43.6 Å². The molecule has 6 heteroatoms. The first kappa shape index (κ1) is 18.4. The second kappa shape index (κ2) is 7.24. The molecule has 5 nitrogen and oxygen atoms in total. The average molecular weight is 383 g/mol. The van der Waals surface area contributed by atoms with E-state index in [-0.39, 0.29) is 5.91 Å². The van der Waals surface area contributed by atoms with E-state index in [1.165, 1.54) is 16.0 Å². The van der Waals surface area contributed by atoms with Gasteiger partial charge in [-0.25, -0.2) is 0 Å². The van der Waals surface area contributed by atoms with Crippen molar-refractivity contribution >= 4 is 17.7 Å². The third-order valence-electron chi connectivity index (χ3n) is 6.21. The molecule has 0 spiro atoms. The fraction of sp³-hybridized carbons (Fsp3) is 0.476. The van der Waals surface area contributed by atoms with Gasteiger partial charge < -0.3 is 4.90 Å². The Morgan fingerprint density at radius 1 is 1.19 bits per heavy atom. The van der Waals surface area contributed by atoms with Crippen LogP contribution in [0.15, 0.2) is 35.4 Å². The highest BCUT2D eigenvalue weighted by atomic mass is 32.2. The van der Waals surface area contributed by atoms with Crippen molar-refractivity contribution in [3.63, 3.8) is 0 Å². The molecule has 0 aliphatic carbocycles. The minimum atomic E-state index is 0.167. The molecule has 4 rings (SSSR count). The molecule has 1 amide bonds. The molecule has 2 aliphatic rings. The van der Waals surface area contributed by atoms with E-state index in [2.05, 4.69) is 33.8 Å². The predicted molar refractivity (Wildman–Crippen MR) is 108 cm³/mol. The lowest BCUT2D eigenvalue weighted by Crippen LogP contribution is -2.49. The number of benzene rings is 1. The number of hydrogen-bond donors (Lipinski definition) is 0. The van der Waals surface area contributed by atoms with Gasteiger partial charge in [0.05, 0.1) is 11.9 Å². The summed E-state index contributed by atoms with van der Waals surface area (Å²) in [5.41, 5.74) is 4.27. The van der Waals surface area contributed by atoms with Crippen LogP contribution in [0.2, 0.25) is 0 Å². The Labute approximate surface area is 165 Å². The van der Waals surface area contributed by atoms with Gasteiger partial charge in [-0.15, -0.1) is 11.8 Å². The number of thioether (sulfide) groups is 1. The van der Waals surface area contributed by atoms with Crippen molar-refractivity contribution in [2.45, 2.75) is 50.2 Å². The van der Waals surface area contributed by atoms with Gasteiger partial charge >= 0.3 is 0 Å². The van der Waals surface area contributed by atoms with Crippen LogP contribution in [0.4, 0.5) is 0 Å². The first-order valence-corrected chi connectivity index (χ1v) is 10.7. The zero-order valence-electron chi connectivity index (χ0n) is 16.3. The zero-order valence-corrected chi connectivity index (χ0v) is 17.2. The number of likely N-dealkylation sites (tertiary alicyclic amines) is 2. The van der Waals surface area contributed by atoms with Gasteiger partial charge in [0, 0.05) is 41.7 Å². The van der Waals surface area contributed by atoms with E-state index in [0.29, 0.717) is 18.1 Å². The Morgan fingerprint density at radius 3 is 2.56 bits per heavy atom. The topological polar surface area (TPSA) is 49.3 Å². The highest BCUT2D eigenvalue weighted by Crippen LogP contribution is 2.38. The smallest absolute Gasteiger partial charge is 0.254 e. The Bertz CT molecular complexity index is 854. The van der Waals surface area contributed by atoms with Crippen molar-refractivity contribution in [3.8, 4) is 0 Å². The van der Waals surface area contributed by atoms with Gasteiger partial charge in [-0.1, -0.05) is 0 Å². The van der Waals surface area contributed by atoms with Gasteiger partial charge in [-0.2, -0.15) is 10.2 Å². The van der Waals surface area contributed by atoms with Crippen LogP contribution in [0.5, 0.6) is 0 Å². The number of aryl methyl sites for hydroxylation is 1. The molecule has 0 unspecified atom stereocenters. The molecular weight excluding hydrogens is 356 g/mol. The van der Waals surface area contributed by atoms with Crippen LogP contribution in [0.1, 0.15) is 46.6 Å². The van der Waals surface area contributed by atoms with Crippen LogP contribution >= 0.6 is 11.8 Å². The molecule has 0 radical (unpaired) electrons. The molecule has 2 fully saturated rings. The molecule has 1 aromatic heterocycles. The van der Waals surface area contributed by atoms with E-state index >= 15 is 0 Å². The molecule has 2 aliphatic heterocycles. The molecule has 142 valence electrons. The minimum Gasteiger partial charge on any atom is -0.333 e. The minimum absolute atomic E-state index is 0.167. The van der Waals surface area contributed by atoms with Gasteiger partial charge in [0.1, 0.15) is 0 Å². The number of carbonyl (C=O) groups excluding carboxylic acids is 1. The summed E-state index contributed by atoms with van der Waals surface area (Å²) in [5.74, 6) is 0.167. The number of piperazine rings is 1. The van der Waals surface area contributed by atoms with Crippen molar-refractivity contribution in [1.82, 2.24) is 20.0 Å². The summed E-state index contributed by atoms with van der Waals surface area (Å²) in [6.45, 7) is 8.13. The molecule has 27 heavy (non-hydrogen) atoms. The van der Waals surface area contributed by atoms with E-state index in [1.54, 1.807) is 11.8 Å². The standard InChI is InChI=1S/C21H26N4OS/c1-13-14(2)23-22-10-20(13)15(3)24-11-18-9-17(24)12-25(18)21(26)16-5-7-19(27-4)8-6-16/h5-8,10,15,17-18H,9,11-12H2,1-4H3/t15-,17-,18-/m0/s1. The fourth-order valence-electron chi connectivity index (χ4n) is 4.48. The number of aromatic nitrogens is 2. The first-order valence-electron chi connectivity index (χ1n) is 9.49. The van der Waals surface area contributed by atoms with Crippen LogP contribution in [0.3, 0.4) is 0 Å². The van der Waals surface area contributed by atoms with Crippen LogP contribution < -0.4 is 0 Å². The number of hydrogen-bond acceptors (Lipinski definition) is 5. The third kappa shape index (κ3) is 3.25. The number of nitrogens with zero attached hydrogens (tertiary/aromatic N) is 4. The van der Waals surface area contributed by atoms with Crippen LogP contribution in [0, 0.1) is 13.8 Å². The third-order valence-corrected chi connectivity index (χ3v) is 6.95. The molecule has 3 heterocycles. The summed E-state index contributed by atoms with van der Waals surface area (Å²) in [6, 6.07) is 9.00. The lowest BCUT2D eigenvalue weighted by atomic mass is 10.0. The van der Waals surface area contributed by atoms with Gasteiger partial charge in [0.25, 0.3) is 5.91 Å². The quantitative estimate of drug-likeness (QED) is 0.758. The second-order valence-electron chi connectivity index (χ2n) is 7.61. The van der Waals surface area contributed by atoms with Crippen molar-refractivity contribution in [3.05, 3.63) is 52.8 Å². The van der Waals surface area contributed by atoms with Gasteiger partial charge in [-0.05, 0) is 68.8 Å². The summed E-state index contributed by atoms with van der Waals surface area (Å²) >= 11 is 1.70. The fourth-order valence-corrected chi connectivity index (χ4v) is 4.89. The maximum absolute atomic E-state index is 13.0. The Balaban J connectivity index is 1.47. The monoisotopic (exact) mass is 382 g/mol. The molecule has 0 N–H and O–H groups in total. The zero-order chi connectivity index (χ0) is 19.1. The largest absolute Gasteiger partial charge is 0.333 e. The number of amides is 1. The molecule has 2 bridgehead atoms. The summed E-state index contributed by atoms with van der Waals surface area (Å²) in [6.07, 6.45) is 5.01. The van der Waals surface area contributed by atoms with Gasteiger partial charge in [0.2, 0.25) is 0 Å². The van der Waals surface area contributed by atoms with E-state index in [9.17, 15) is 4.79 Å². The lowest BCUT2D eigenvalue weighted by molar-refractivity contribution is 0.0568. The molecular formula is C21H26N4OS. The van der Waals surface area contributed by atoms with Crippen molar-refractivity contribution in [2.75, 3.05) is 19.3 Å². The first-order chi connectivity index (χ1) is 13.0. The molecule has 2 aromatic rings. The maximum Gasteiger partial charge on any atom is 0.254 e. The van der Waals surface area contributed by atoms with E-state index in [0.717, 1.165) is 30.8 Å². The number of carbonyl (C=O) groups is 1. The van der Waals surface area contributed by atoms with Crippen LogP contribution in [-0.4, -0.2) is 57.3 Å². The van der Waals surface area contributed by atoms with Gasteiger partial charge in [-0.3, -0.25) is 9.69 Å². The number of rotatable bonds is 4. The number of fused-ring (bicyclic) bond motifs is 2. The SMILES string of the molecule is CSc1ccc(C(=O)N2C[C@@H]3C[C@H]2CN3[C@@H](C)c2cnnc(C)c2C)cc1.